The Morgan fingerprint density at radius 1 is 0.472 bits per heavy atom. The van der Waals surface area contributed by atoms with Gasteiger partial charge in [0, 0.05) is 33.5 Å². The molecule has 2 heteroatoms. The highest BCUT2D eigenvalue weighted by Crippen LogP contribution is 2.42. The second-order valence-electron chi connectivity index (χ2n) is 8.42. The smallest absolute Gasteiger partial charge is 0.0541 e. The standard InChI is InChI=1S/C34H34N2/c1-5-17-27(7-3)35(29-19-11-9-12-20-29)33-25-26-34(32-24-16-15-23-31(32)33)36(28(8-4)18-6-2)30-21-13-10-14-22-30/h5-26H,1-4H3/b17-5-,18-6-,27-7+,28-8+. The molecule has 4 aromatic carbocycles. The Morgan fingerprint density at radius 2 is 0.833 bits per heavy atom. The zero-order valence-electron chi connectivity index (χ0n) is 21.6. The molecule has 0 atom stereocenters. The number of nitrogens with zero attached hydrogens (tertiary/aromatic N) is 2. The van der Waals surface area contributed by atoms with Gasteiger partial charge in [-0.1, -0.05) is 85.0 Å². The Hall–Kier alpha value is -4.30. The minimum Gasteiger partial charge on any atom is -0.310 e. The minimum atomic E-state index is 1.13. The molecule has 180 valence electrons. The highest BCUT2D eigenvalue weighted by atomic mass is 15.2. The molecule has 0 unspecified atom stereocenters. The average molecular weight is 471 g/mol. The van der Waals surface area contributed by atoms with Gasteiger partial charge in [-0.05, 0) is 76.2 Å². The fourth-order valence-electron chi connectivity index (χ4n) is 4.61. The molecule has 0 radical (unpaired) electrons. The van der Waals surface area contributed by atoms with Crippen LogP contribution in [0.4, 0.5) is 22.7 Å². The number of anilines is 4. The van der Waals surface area contributed by atoms with Gasteiger partial charge in [0.2, 0.25) is 0 Å². The van der Waals surface area contributed by atoms with Crippen LogP contribution < -0.4 is 9.80 Å². The molecular formula is C34H34N2. The molecule has 0 aliphatic rings. The van der Waals surface area contributed by atoms with E-state index in [9.17, 15) is 0 Å². The van der Waals surface area contributed by atoms with Crippen LogP contribution in [-0.4, -0.2) is 0 Å². The number of hydrogen-bond acceptors (Lipinski definition) is 2. The van der Waals surface area contributed by atoms with E-state index in [1.807, 2.05) is 0 Å². The Labute approximate surface area is 215 Å². The van der Waals surface area contributed by atoms with Gasteiger partial charge in [0.05, 0.1) is 11.4 Å². The van der Waals surface area contributed by atoms with Crippen molar-refractivity contribution >= 4 is 33.5 Å². The van der Waals surface area contributed by atoms with E-state index >= 15 is 0 Å². The van der Waals surface area contributed by atoms with Gasteiger partial charge >= 0.3 is 0 Å². The van der Waals surface area contributed by atoms with Gasteiger partial charge in [0.25, 0.3) is 0 Å². The fraction of sp³-hybridized carbons (Fsp3) is 0.118. The van der Waals surface area contributed by atoms with Gasteiger partial charge in [0.15, 0.2) is 0 Å². The molecule has 2 nitrogen and oxygen atoms in total. The second kappa shape index (κ2) is 11.9. The van der Waals surface area contributed by atoms with E-state index < -0.39 is 0 Å². The van der Waals surface area contributed by atoms with Crippen LogP contribution in [0.15, 0.2) is 145 Å². The zero-order valence-corrected chi connectivity index (χ0v) is 21.6. The second-order valence-corrected chi connectivity index (χ2v) is 8.42. The first-order chi connectivity index (χ1) is 17.7. The highest BCUT2D eigenvalue weighted by molar-refractivity contribution is 6.06. The van der Waals surface area contributed by atoms with Gasteiger partial charge in [-0.2, -0.15) is 0 Å². The van der Waals surface area contributed by atoms with Crippen LogP contribution >= 0.6 is 0 Å². The largest absolute Gasteiger partial charge is 0.310 e. The molecular weight excluding hydrogens is 436 g/mol. The van der Waals surface area contributed by atoms with E-state index in [0.717, 1.165) is 34.1 Å². The van der Waals surface area contributed by atoms with Gasteiger partial charge < -0.3 is 9.80 Å². The molecule has 0 saturated carbocycles. The first-order valence-corrected chi connectivity index (χ1v) is 12.5. The lowest BCUT2D eigenvalue weighted by Gasteiger charge is -2.31. The molecule has 0 spiro atoms. The summed E-state index contributed by atoms with van der Waals surface area (Å²) in [5, 5.41) is 2.39. The number of benzene rings is 4. The molecule has 36 heavy (non-hydrogen) atoms. The van der Waals surface area contributed by atoms with Crippen LogP contribution in [0.3, 0.4) is 0 Å². The molecule has 4 rings (SSSR count). The van der Waals surface area contributed by atoms with Crippen LogP contribution in [0.1, 0.15) is 27.7 Å². The first-order valence-electron chi connectivity index (χ1n) is 12.5. The normalized spacial score (nSPS) is 12.6. The lowest BCUT2D eigenvalue weighted by molar-refractivity contribution is 1.19. The van der Waals surface area contributed by atoms with Crippen molar-refractivity contribution in [1.82, 2.24) is 0 Å². The van der Waals surface area contributed by atoms with E-state index in [1.54, 1.807) is 0 Å². The van der Waals surface area contributed by atoms with Crippen molar-refractivity contribution in [3.8, 4) is 0 Å². The zero-order chi connectivity index (χ0) is 25.3. The summed E-state index contributed by atoms with van der Waals surface area (Å²) in [6.45, 7) is 8.31. The Bertz CT molecular complexity index is 1300. The van der Waals surface area contributed by atoms with Crippen molar-refractivity contribution in [1.29, 1.82) is 0 Å². The monoisotopic (exact) mass is 470 g/mol. The number of allylic oxidation sites excluding steroid dienone is 6. The molecule has 0 aliphatic heterocycles. The molecule has 0 bridgehead atoms. The maximum absolute atomic E-state index is 2.33. The molecule has 0 fully saturated rings. The summed E-state index contributed by atoms with van der Waals surface area (Å²) in [6, 6.07) is 34.3. The highest BCUT2D eigenvalue weighted by Gasteiger charge is 2.20. The van der Waals surface area contributed by atoms with Crippen molar-refractivity contribution in [2.45, 2.75) is 27.7 Å². The van der Waals surface area contributed by atoms with Crippen molar-refractivity contribution in [2.75, 3.05) is 9.80 Å². The van der Waals surface area contributed by atoms with Gasteiger partial charge in [-0.15, -0.1) is 0 Å². The molecule has 0 aromatic heterocycles. The quantitative estimate of drug-likeness (QED) is 0.236. The summed E-state index contributed by atoms with van der Waals surface area (Å²) >= 11 is 0. The first kappa shape index (κ1) is 24.8. The van der Waals surface area contributed by atoms with Crippen LogP contribution in [0, 0.1) is 0 Å². The van der Waals surface area contributed by atoms with E-state index in [-0.39, 0.29) is 0 Å². The molecule has 0 aliphatic carbocycles. The van der Waals surface area contributed by atoms with Crippen molar-refractivity contribution in [2.24, 2.45) is 0 Å². The van der Waals surface area contributed by atoms with Gasteiger partial charge in [-0.25, -0.2) is 0 Å². The Balaban J connectivity index is 2.01. The maximum Gasteiger partial charge on any atom is 0.0541 e. The predicted molar refractivity (Wildman–Crippen MR) is 158 cm³/mol. The minimum absolute atomic E-state index is 1.13. The van der Waals surface area contributed by atoms with Crippen molar-refractivity contribution < 1.29 is 0 Å². The number of para-hydroxylation sites is 2. The van der Waals surface area contributed by atoms with E-state index in [1.165, 1.54) is 10.8 Å². The SMILES string of the molecule is C/C=C\C(=C/C)N(c1ccccc1)c1ccc(N(C(/C=C\C)=C/C)c2ccccc2)c2ccccc12. The molecule has 0 heterocycles. The predicted octanol–water partition coefficient (Wildman–Crippen LogP) is 10.1. The lowest BCUT2D eigenvalue weighted by Crippen LogP contribution is -2.18. The summed E-state index contributed by atoms with van der Waals surface area (Å²) in [4.78, 5) is 4.67. The summed E-state index contributed by atoms with van der Waals surface area (Å²) < 4.78 is 0. The fourth-order valence-corrected chi connectivity index (χ4v) is 4.61. The van der Waals surface area contributed by atoms with Crippen LogP contribution in [0.5, 0.6) is 0 Å². The third kappa shape index (κ3) is 5.04. The maximum atomic E-state index is 2.33. The third-order valence-corrected chi connectivity index (χ3v) is 6.17. The molecule has 0 saturated heterocycles. The third-order valence-electron chi connectivity index (χ3n) is 6.17. The van der Waals surface area contributed by atoms with Crippen molar-refractivity contribution in [3.63, 3.8) is 0 Å². The lowest BCUT2D eigenvalue weighted by atomic mass is 10.0. The average Bonchev–Trinajstić information content (AvgIpc) is 2.94. The number of fused-ring (bicyclic) bond motifs is 1. The van der Waals surface area contributed by atoms with Crippen molar-refractivity contribution in [3.05, 3.63) is 145 Å². The van der Waals surface area contributed by atoms with E-state index in [4.69, 9.17) is 0 Å². The number of rotatable bonds is 8. The van der Waals surface area contributed by atoms with Crippen LogP contribution in [-0.2, 0) is 0 Å². The van der Waals surface area contributed by atoms with E-state index in [2.05, 4.69) is 171 Å². The summed E-state index contributed by atoms with van der Waals surface area (Å²) in [5.41, 5.74) is 6.81. The van der Waals surface area contributed by atoms with E-state index in [0.29, 0.717) is 0 Å². The Kier molecular flexibility index (Phi) is 8.20. The summed E-state index contributed by atoms with van der Waals surface area (Å²) in [7, 11) is 0. The van der Waals surface area contributed by atoms with Crippen LogP contribution in [0.2, 0.25) is 0 Å². The van der Waals surface area contributed by atoms with Gasteiger partial charge in [-0.3, -0.25) is 0 Å². The molecule has 0 amide bonds. The summed E-state index contributed by atoms with van der Waals surface area (Å²) in [6.07, 6.45) is 12.8. The van der Waals surface area contributed by atoms with Crippen LogP contribution in [0.25, 0.3) is 10.8 Å². The topological polar surface area (TPSA) is 6.48 Å². The molecule has 4 aromatic rings. The summed E-state index contributed by atoms with van der Waals surface area (Å²) in [5.74, 6) is 0. The molecule has 0 N–H and O–H groups in total. The Morgan fingerprint density at radius 3 is 1.17 bits per heavy atom. The van der Waals surface area contributed by atoms with Gasteiger partial charge in [0.1, 0.15) is 0 Å². The number of hydrogen-bond donors (Lipinski definition) is 0.